The van der Waals surface area contributed by atoms with Gasteiger partial charge in [-0.1, -0.05) is 35.1 Å². The Hall–Kier alpha value is -2.15. The largest absolute Gasteiger partial charge is 0.322 e. The summed E-state index contributed by atoms with van der Waals surface area (Å²) in [5, 5.41) is 3.87. The van der Waals surface area contributed by atoms with Gasteiger partial charge < -0.3 is 5.32 Å². The molecule has 0 atom stereocenters. The Bertz CT molecular complexity index is 818. The number of nitrogens with two attached hydrogens (primary N) is 1. The molecule has 0 radical (unpaired) electrons. The van der Waals surface area contributed by atoms with Crippen molar-refractivity contribution in [3.8, 4) is 0 Å². The summed E-state index contributed by atoms with van der Waals surface area (Å²) in [6, 6.07) is 12.4. The standard InChI is InChI=1S/C14H11ClN4OS/c15-10-4-2-1-3-9(10)13(20)17-8-5-6-11-12(7-8)21-14(18-11)19-16/h1-7H,16H2,(H,17,20)(H,18,19). The van der Waals surface area contributed by atoms with Crippen LogP contribution < -0.4 is 16.6 Å². The number of aromatic nitrogens is 1. The molecule has 3 aromatic rings. The van der Waals surface area contributed by atoms with Crippen molar-refractivity contribution in [1.82, 2.24) is 4.98 Å². The van der Waals surface area contributed by atoms with Crippen molar-refractivity contribution in [1.29, 1.82) is 0 Å². The first kappa shape index (κ1) is 13.8. The Morgan fingerprint density at radius 2 is 2.05 bits per heavy atom. The number of nitrogens with zero attached hydrogens (tertiary/aromatic N) is 1. The number of halogens is 1. The van der Waals surface area contributed by atoms with Crippen LogP contribution in [0.4, 0.5) is 10.8 Å². The molecule has 0 saturated heterocycles. The minimum Gasteiger partial charge on any atom is -0.322 e. The van der Waals surface area contributed by atoms with Gasteiger partial charge in [-0.2, -0.15) is 0 Å². The predicted octanol–water partition coefficient (Wildman–Crippen LogP) is 3.49. The lowest BCUT2D eigenvalue weighted by atomic mass is 10.2. The molecule has 3 rings (SSSR count). The maximum absolute atomic E-state index is 12.2. The van der Waals surface area contributed by atoms with E-state index in [9.17, 15) is 4.79 Å². The van der Waals surface area contributed by atoms with Crippen molar-refractivity contribution < 1.29 is 4.79 Å². The van der Waals surface area contributed by atoms with Crippen LogP contribution in [-0.2, 0) is 0 Å². The normalized spacial score (nSPS) is 10.6. The third-order valence-corrected chi connectivity index (χ3v) is 4.17. The van der Waals surface area contributed by atoms with E-state index in [0.29, 0.717) is 21.4 Å². The maximum atomic E-state index is 12.2. The molecule has 0 unspecified atom stereocenters. The number of nitrogen functional groups attached to an aromatic ring is 1. The van der Waals surface area contributed by atoms with Crippen molar-refractivity contribution in [3.05, 3.63) is 53.1 Å². The lowest BCUT2D eigenvalue weighted by Gasteiger charge is -2.06. The molecule has 106 valence electrons. The first-order valence-electron chi connectivity index (χ1n) is 6.10. The van der Waals surface area contributed by atoms with E-state index in [4.69, 9.17) is 17.4 Å². The lowest BCUT2D eigenvalue weighted by Crippen LogP contribution is -2.12. The highest BCUT2D eigenvalue weighted by Gasteiger charge is 2.10. The van der Waals surface area contributed by atoms with Crippen LogP contribution >= 0.6 is 22.9 Å². The first-order valence-corrected chi connectivity index (χ1v) is 7.30. The van der Waals surface area contributed by atoms with Gasteiger partial charge in [-0.3, -0.25) is 10.2 Å². The molecule has 7 heteroatoms. The van der Waals surface area contributed by atoms with Gasteiger partial charge >= 0.3 is 0 Å². The summed E-state index contributed by atoms with van der Waals surface area (Å²) >= 11 is 7.42. The number of hydrogen-bond acceptors (Lipinski definition) is 5. The number of amides is 1. The number of carbonyl (C=O) groups is 1. The van der Waals surface area contributed by atoms with Crippen LogP contribution in [0.5, 0.6) is 0 Å². The van der Waals surface area contributed by atoms with Crippen LogP contribution in [0.2, 0.25) is 5.02 Å². The summed E-state index contributed by atoms with van der Waals surface area (Å²) in [6.45, 7) is 0. The lowest BCUT2D eigenvalue weighted by molar-refractivity contribution is 0.102. The molecule has 1 amide bonds. The fraction of sp³-hybridized carbons (Fsp3) is 0. The molecule has 0 saturated carbocycles. The monoisotopic (exact) mass is 318 g/mol. The number of hydrazine groups is 1. The summed E-state index contributed by atoms with van der Waals surface area (Å²) in [7, 11) is 0. The summed E-state index contributed by atoms with van der Waals surface area (Å²) in [5.41, 5.74) is 4.45. The quantitative estimate of drug-likeness (QED) is 0.510. The molecule has 0 bridgehead atoms. The number of nitrogens with one attached hydrogen (secondary N) is 2. The summed E-state index contributed by atoms with van der Waals surface area (Å²) in [4.78, 5) is 16.5. The zero-order valence-corrected chi connectivity index (χ0v) is 12.3. The van der Waals surface area contributed by atoms with Gasteiger partial charge in [0.1, 0.15) is 0 Å². The highest BCUT2D eigenvalue weighted by atomic mass is 35.5. The molecule has 5 nitrogen and oxygen atoms in total. The Balaban J connectivity index is 1.87. The van der Waals surface area contributed by atoms with Gasteiger partial charge in [0.25, 0.3) is 5.91 Å². The molecule has 4 N–H and O–H groups in total. The Labute approximate surface area is 129 Å². The minimum absolute atomic E-state index is 0.248. The second-order valence-electron chi connectivity index (χ2n) is 4.28. The highest BCUT2D eigenvalue weighted by Crippen LogP contribution is 2.28. The van der Waals surface area contributed by atoms with E-state index >= 15 is 0 Å². The van der Waals surface area contributed by atoms with Crippen molar-refractivity contribution in [2.75, 3.05) is 10.7 Å². The van der Waals surface area contributed by atoms with Gasteiger partial charge in [-0.25, -0.2) is 10.8 Å². The number of anilines is 2. The first-order chi connectivity index (χ1) is 10.2. The minimum atomic E-state index is -0.248. The maximum Gasteiger partial charge on any atom is 0.257 e. The van der Waals surface area contributed by atoms with Crippen molar-refractivity contribution in [2.24, 2.45) is 5.84 Å². The average molecular weight is 319 g/mol. The van der Waals surface area contributed by atoms with Crippen LogP contribution in [-0.4, -0.2) is 10.9 Å². The third kappa shape index (κ3) is 2.82. The predicted molar refractivity (Wildman–Crippen MR) is 86.8 cm³/mol. The summed E-state index contributed by atoms with van der Waals surface area (Å²) in [6.07, 6.45) is 0. The number of rotatable bonds is 3. The molecule has 0 aliphatic heterocycles. The topological polar surface area (TPSA) is 80.0 Å². The van der Waals surface area contributed by atoms with Gasteiger partial charge in [0, 0.05) is 5.69 Å². The Morgan fingerprint density at radius 3 is 2.81 bits per heavy atom. The second-order valence-corrected chi connectivity index (χ2v) is 5.72. The SMILES string of the molecule is NNc1nc2ccc(NC(=O)c3ccccc3Cl)cc2s1. The second kappa shape index (κ2) is 5.69. The zero-order chi connectivity index (χ0) is 14.8. The molecule has 0 spiro atoms. The molecule has 21 heavy (non-hydrogen) atoms. The molecule has 1 heterocycles. The molecule has 1 aromatic heterocycles. The van der Waals surface area contributed by atoms with Crippen LogP contribution in [0.3, 0.4) is 0 Å². The summed E-state index contributed by atoms with van der Waals surface area (Å²) < 4.78 is 0.930. The number of carbonyl (C=O) groups excluding carboxylic acids is 1. The van der Waals surface area contributed by atoms with E-state index < -0.39 is 0 Å². The molecule has 0 aliphatic rings. The molecule has 0 aliphatic carbocycles. The molecular formula is C14H11ClN4OS. The van der Waals surface area contributed by atoms with Crippen molar-refractivity contribution in [2.45, 2.75) is 0 Å². The number of thiazole rings is 1. The molecule has 2 aromatic carbocycles. The van der Waals surface area contributed by atoms with E-state index in [0.717, 1.165) is 10.2 Å². The van der Waals surface area contributed by atoms with Crippen LogP contribution in [0.25, 0.3) is 10.2 Å². The fourth-order valence-electron chi connectivity index (χ4n) is 1.91. The van der Waals surface area contributed by atoms with E-state index in [1.54, 1.807) is 30.3 Å². The Kier molecular flexibility index (Phi) is 3.74. The summed E-state index contributed by atoms with van der Waals surface area (Å²) in [5.74, 6) is 5.09. The van der Waals surface area contributed by atoms with E-state index in [1.807, 2.05) is 12.1 Å². The van der Waals surface area contributed by atoms with Gasteiger partial charge in [0.15, 0.2) is 5.13 Å². The molecular weight excluding hydrogens is 308 g/mol. The van der Waals surface area contributed by atoms with Crippen LogP contribution in [0, 0.1) is 0 Å². The van der Waals surface area contributed by atoms with Crippen molar-refractivity contribution >= 4 is 49.9 Å². The van der Waals surface area contributed by atoms with Gasteiger partial charge in [-0.05, 0) is 30.3 Å². The smallest absolute Gasteiger partial charge is 0.257 e. The van der Waals surface area contributed by atoms with E-state index in [-0.39, 0.29) is 5.91 Å². The van der Waals surface area contributed by atoms with Crippen LogP contribution in [0.1, 0.15) is 10.4 Å². The van der Waals surface area contributed by atoms with E-state index in [1.165, 1.54) is 11.3 Å². The highest BCUT2D eigenvalue weighted by molar-refractivity contribution is 7.22. The van der Waals surface area contributed by atoms with Gasteiger partial charge in [-0.15, -0.1) is 0 Å². The van der Waals surface area contributed by atoms with Gasteiger partial charge in [0.2, 0.25) is 0 Å². The van der Waals surface area contributed by atoms with Gasteiger partial charge in [0.05, 0.1) is 20.8 Å². The van der Waals surface area contributed by atoms with Crippen LogP contribution in [0.15, 0.2) is 42.5 Å². The fourth-order valence-corrected chi connectivity index (χ4v) is 2.94. The number of hydrogen-bond donors (Lipinski definition) is 3. The number of benzene rings is 2. The van der Waals surface area contributed by atoms with Crippen molar-refractivity contribution in [3.63, 3.8) is 0 Å². The molecule has 0 fully saturated rings. The zero-order valence-electron chi connectivity index (χ0n) is 10.8. The van der Waals surface area contributed by atoms with E-state index in [2.05, 4.69) is 15.7 Å². The Morgan fingerprint density at radius 1 is 1.24 bits per heavy atom. The third-order valence-electron chi connectivity index (χ3n) is 2.89. The average Bonchev–Trinajstić information content (AvgIpc) is 2.90. The number of fused-ring (bicyclic) bond motifs is 1.